The van der Waals surface area contributed by atoms with Crippen molar-refractivity contribution in [3.8, 4) is 44.5 Å². The Bertz CT molecular complexity index is 3940. The van der Waals surface area contributed by atoms with Crippen LogP contribution < -0.4 is 0 Å². The number of hydrogen-bond acceptors (Lipinski definition) is 0. The maximum absolute atomic E-state index is 2.43. The van der Waals surface area contributed by atoms with Crippen LogP contribution in [0.15, 0.2) is 218 Å². The Morgan fingerprint density at radius 2 is 0.485 bits per heavy atom. The third kappa shape index (κ3) is 5.13. The number of aromatic nitrogens is 2. The van der Waals surface area contributed by atoms with E-state index in [1.807, 2.05) is 0 Å². The molecule has 66 heavy (non-hydrogen) atoms. The van der Waals surface area contributed by atoms with Gasteiger partial charge in [-0.2, -0.15) is 0 Å². The van der Waals surface area contributed by atoms with E-state index in [4.69, 9.17) is 0 Å². The maximum atomic E-state index is 2.43. The van der Waals surface area contributed by atoms with Crippen LogP contribution in [0.5, 0.6) is 0 Å². The molecule has 0 aliphatic carbocycles. The summed E-state index contributed by atoms with van der Waals surface area (Å²) < 4.78 is 4.79. The molecule has 0 saturated carbocycles. The third-order valence-corrected chi connectivity index (χ3v) is 14.7. The summed E-state index contributed by atoms with van der Waals surface area (Å²) in [5.74, 6) is 0. The average Bonchev–Trinajstić information content (AvgIpc) is 3.83. The second kappa shape index (κ2) is 14.0. The summed E-state index contributed by atoms with van der Waals surface area (Å²) in [6, 6.07) is 81.2. The molecular formula is C64H42N2. The van der Waals surface area contributed by atoms with Gasteiger partial charge in [0.25, 0.3) is 0 Å². The van der Waals surface area contributed by atoms with Gasteiger partial charge in [-0.1, -0.05) is 194 Å². The SMILES string of the molecule is Cn1c2cc(-c3c4ccccc4c(-c4ccccc4)c4ccccc34)ccc2c2c3ccc4c(c3ccc21)c1ccc(-c2c3ccccc3c(-c3ccccc3)c3ccccc23)cc1n4C. The highest BCUT2D eigenvalue weighted by atomic mass is 14.9. The van der Waals surface area contributed by atoms with Crippen molar-refractivity contribution in [1.29, 1.82) is 0 Å². The Hall–Kier alpha value is -8.46. The summed E-state index contributed by atoms with van der Waals surface area (Å²) in [6.45, 7) is 0. The first-order valence-electron chi connectivity index (χ1n) is 23.0. The highest BCUT2D eigenvalue weighted by Crippen LogP contribution is 2.48. The van der Waals surface area contributed by atoms with Gasteiger partial charge >= 0.3 is 0 Å². The lowest BCUT2D eigenvalue weighted by Crippen LogP contribution is -1.91. The van der Waals surface area contributed by atoms with Crippen LogP contribution in [0.2, 0.25) is 0 Å². The van der Waals surface area contributed by atoms with Gasteiger partial charge in [-0.25, -0.2) is 0 Å². The van der Waals surface area contributed by atoms with Crippen molar-refractivity contribution in [2.75, 3.05) is 0 Å². The van der Waals surface area contributed by atoms with E-state index in [1.54, 1.807) is 0 Å². The highest BCUT2D eigenvalue weighted by Gasteiger charge is 2.22. The summed E-state index contributed by atoms with van der Waals surface area (Å²) in [5.41, 5.74) is 15.0. The monoisotopic (exact) mass is 838 g/mol. The van der Waals surface area contributed by atoms with Crippen LogP contribution in [-0.2, 0) is 14.1 Å². The van der Waals surface area contributed by atoms with E-state index in [0.717, 1.165) is 0 Å². The quantitative estimate of drug-likeness (QED) is 0.156. The van der Waals surface area contributed by atoms with E-state index in [2.05, 4.69) is 242 Å². The number of aryl methyl sites for hydroxylation is 2. The fourth-order valence-corrected chi connectivity index (χ4v) is 11.8. The molecule has 0 aliphatic rings. The van der Waals surface area contributed by atoms with Crippen LogP contribution in [0.25, 0.3) is 142 Å². The van der Waals surface area contributed by atoms with Crippen molar-refractivity contribution < 1.29 is 0 Å². The van der Waals surface area contributed by atoms with Crippen LogP contribution in [0, 0.1) is 0 Å². The van der Waals surface area contributed by atoms with Crippen LogP contribution in [-0.4, -0.2) is 9.13 Å². The summed E-state index contributed by atoms with van der Waals surface area (Å²) >= 11 is 0. The van der Waals surface area contributed by atoms with E-state index in [1.165, 1.54) is 142 Å². The molecule has 14 aromatic rings. The van der Waals surface area contributed by atoms with Gasteiger partial charge < -0.3 is 9.13 Å². The average molecular weight is 839 g/mol. The number of benzene rings is 12. The Morgan fingerprint density at radius 1 is 0.212 bits per heavy atom. The molecule has 2 heteroatoms. The molecule has 2 heterocycles. The van der Waals surface area contributed by atoms with E-state index < -0.39 is 0 Å². The lowest BCUT2D eigenvalue weighted by Gasteiger charge is -2.18. The van der Waals surface area contributed by atoms with Gasteiger partial charge in [0.2, 0.25) is 0 Å². The first kappa shape index (κ1) is 37.0. The molecule has 0 spiro atoms. The lowest BCUT2D eigenvalue weighted by molar-refractivity contribution is 1.01. The summed E-state index contributed by atoms with van der Waals surface area (Å²) in [5, 5.41) is 17.9. The van der Waals surface area contributed by atoms with Gasteiger partial charge in [0, 0.05) is 57.7 Å². The predicted molar refractivity (Wildman–Crippen MR) is 284 cm³/mol. The van der Waals surface area contributed by atoms with Crippen LogP contribution in [0.1, 0.15) is 0 Å². The molecule has 0 amide bonds. The molecule has 308 valence electrons. The van der Waals surface area contributed by atoms with Crippen LogP contribution >= 0.6 is 0 Å². The van der Waals surface area contributed by atoms with Crippen molar-refractivity contribution in [2.24, 2.45) is 14.1 Å². The van der Waals surface area contributed by atoms with Gasteiger partial charge in [0.05, 0.1) is 0 Å². The van der Waals surface area contributed by atoms with Crippen LogP contribution in [0.4, 0.5) is 0 Å². The fraction of sp³-hybridized carbons (Fsp3) is 0.0312. The molecule has 0 fully saturated rings. The number of nitrogens with zero attached hydrogens (tertiary/aromatic N) is 2. The molecule has 0 bridgehead atoms. The zero-order valence-corrected chi connectivity index (χ0v) is 36.7. The molecule has 0 aliphatic heterocycles. The first-order chi connectivity index (χ1) is 32.6. The summed E-state index contributed by atoms with van der Waals surface area (Å²) in [7, 11) is 4.46. The Labute approximate surface area is 381 Å². The molecule has 0 N–H and O–H groups in total. The molecule has 0 saturated heterocycles. The van der Waals surface area contributed by atoms with Gasteiger partial charge in [-0.3, -0.25) is 0 Å². The minimum absolute atomic E-state index is 1.23. The second-order valence-electron chi connectivity index (χ2n) is 18.0. The van der Waals surface area contributed by atoms with Gasteiger partial charge in [0.1, 0.15) is 0 Å². The smallest absolute Gasteiger partial charge is 0.0495 e. The largest absolute Gasteiger partial charge is 0.344 e. The number of fused-ring (bicyclic) bond motifs is 13. The third-order valence-electron chi connectivity index (χ3n) is 14.7. The Kier molecular flexibility index (Phi) is 7.85. The van der Waals surface area contributed by atoms with Crippen LogP contribution in [0.3, 0.4) is 0 Å². The molecule has 0 unspecified atom stereocenters. The molecule has 2 aromatic heterocycles. The van der Waals surface area contributed by atoms with Crippen molar-refractivity contribution in [1.82, 2.24) is 9.13 Å². The van der Waals surface area contributed by atoms with Crippen molar-refractivity contribution >= 4 is 97.5 Å². The predicted octanol–water partition coefficient (Wildman–Crippen LogP) is 17.4. The minimum Gasteiger partial charge on any atom is -0.344 e. The van der Waals surface area contributed by atoms with Gasteiger partial charge in [-0.05, 0) is 123 Å². The molecule has 0 radical (unpaired) electrons. The topological polar surface area (TPSA) is 9.86 Å². The number of hydrogen-bond donors (Lipinski definition) is 0. The van der Waals surface area contributed by atoms with Gasteiger partial charge in [0.15, 0.2) is 0 Å². The Morgan fingerprint density at radius 3 is 0.803 bits per heavy atom. The van der Waals surface area contributed by atoms with Crippen molar-refractivity contribution in [2.45, 2.75) is 0 Å². The maximum Gasteiger partial charge on any atom is 0.0495 e. The summed E-state index contributed by atoms with van der Waals surface area (Å²) in [6.07, 6.45) is 0. The Balaban J connectivity index is 0.968. The normalized spacial score (nSPS) is 12.1. The van der Waals surface area contributed by atoms with Crippen molar-refractivity contribution in [3.05, 3.63) is 218 Å². The fourth-order valence-electron chi connectivity index (χ4n) is 11.8. The summed E-state index contributed by atoms with van der Waals surface area (Å²) in [4.78, 5) is 0. The lowest BCUT2D eigenvalue weighted by atomic mass is 9.86. The van der Waals surface area contributed by atoms with Gasteiger partial charge in [-0.15, -0.1) is 0 Å². The number of rotatable bonds is 4. The zero-order valence-electron chi connectivity index (χ0n) is 36.7. The molecule has 12 aromatic carbocycles. The highest BCUT2D eigenvalue weighted by molar-refractivity contribution is 6.30. The standard InChI is InChI=1S/C64H42N2/c1-65-55-35-33-52-51(63(55)53-31-29-41(37-57(53)65)61-47-25-13-9-21-43(47)59(39-17-5-3-6-18-39)44-22-10-14-26-48(44)61)34-36-56-64(52)54-32-30-42(38-58(54)66(56)2)62-49-27-15-11-23-45(49)60(40-19-7-4-8-20-40)46-24-12-16-28-50(46)62/h3-38H,1-2H3. The minimum atomic E-state index is 1.23. The molecule has 14 rings (SSSR count). The first-order valence-corrected chi connectivity index (χ1v) is 23.0. The van der Waals surface area contributed by atoms with E-state index in [0.29, 0.717) is 0 Å². The molecular weight excluding hydrogens is 797 g/mol. The van der Waals surface area contributed by atoms with E-state index in [9.17, 15) is 0 Å². The van der Waals surface area contributed by atoms with Crippen molar-refractivity contribution in [3.63, 3.8) is 0 Å². The van der Waals surface area contributed by atoms with E-state index in [-0.39, 0.29) is 0 Å². The molecule has 0 atom stereocenters. The molecule has 2 nitrogen and oxygen atoms in total. The van der Waals surface area contributed by atoms with E-state index >= 15 is 0 Å². The second-order valence-corrected chi connectivity index (χ2v) is 18.0. The zero-order chi connectivity index (χ0) is 43.6.